The summed E-state index contributed by atoms with van der Waals surface area (Å²) < 4.78 is 0. The van der Waals surface area contributed by atoms with Crippen LogP contribution in [0.2, 0.25) is 0 Å². The second kappa shape index (κ2) is 6.82. The minimum atomic E-state index is -0.396. The number of carbonyl (C=O) groups is 2. The molecule has 2 saturated heterocycles. The quantitative estimate of drug-likeness (QED) is 0.900. The van der Waals surface area contributed by atoms with Gasteiger partial charge in [0, 0.05) is 25.9 Å². The van der Waals surface area contributed by atoms with Crippen molar-refractivity contribution in [3.63, 3.8) is 0 Å². The molecule has 4 rings (SSSR count). The number of hydrogen-bond donors (Lipinski definition) is 1. The summed E-state index contributed by atoms with van der Waals surface area (Å²) in [6, 6.07) is 19.5. The van der Waals surface area contributed by atoms with Crippen molar-refractivity contribution in [2.75, 3.05) is 19.7 Å². The first-order chi connectivity index (χ1) is 13.1. The van der Waals surface area contributed by atoms with Crippen molar-refractivity contribution in [1.82, 2.24) is 9.80 Å². The molecule has 0 unspecified atom stereocenters. The summed E-state index contributed by atoms with van der Waals surface area (Å²) in [5.74, 6) is 0.0827. The lowest BCUT2D eigenvalue weighted by molar-refractivity contribution is -0.201. The van der Waals surface area contributed by atoms with Crippen LogP contribution in [0.4, 0.5) is 0 Å². The lowest BCUT2D eigenvalue weighted by Gasteiger charge is -2.70. The maximum absolute atomic E-state index is 12.7. The summed E-state index contributed by atoms with van der Waals surface area (Å²) >= 11 is 0. The first kappa shape index (κ1) is 17.7. The summed E-state index contributed by atoms with van der Waals surface area (Å²) in [4.78, 5) is 28.5. The third-order valence-corrected chi connectivity index (χ3v) is 5.94. The maximum Gasteiger partial charge on any atom is 0.227 e. The van der Waals surface area contributed by atoms with Gasteiger partial charge in [-0.05, 0) is 11.1 Å². The van der Waals surface area contributed by atoms with Crippen LogP contribution in [-0.2, 0) is 16.0 Å². The number of aliphatic hydroxyl groups is 1. The fourth-order valence-corrected chi connectivity index (χ4v) is 4.85. The van der Waals surface area contributed by atoms with E-state index in [0.717, 1.165) is 11.1 Å². The van der Waals surface area contributed by atoms with E-state index < -0.39 is 5.54 Å². The van der Waals surface area contributed by atoms with Crippen molar-refractivity contribution < 1.29 is 14.7 Å². The zero-order valence-electron chi connectivity index (χ0n) is 15.4. The first-order valence-electron chi connectivity index (χ1n) is 9.34. The molecule has 0 aromatic heterocycles. The first-order valence-corrected chi connectivity index (χ1v) is 9.34. The van der Waals surface area contributed by atoms with Crippen LogP contribution in [0.3, 0.4) is 0 Å². The van der Waals surface area contributed by atoms with Gasteiger partial charge in [-0.25, -0.2) is 0 Å². The van der Waals surface area contributed by atoms with Gasteiger partial charge in [0.2, 0.25) is 11.8 Å². The van der Waals surface area contributed by atoms with Crippen molar-refractivity contribution in [2.45, 2.75) is 30.8 Å². The molecule has 2 fully saturated rings. The van der Waals surface area contributed by atoms with Crippen LogP contribution < -0.4 is 0 Å². The highest BCUT2D eigenvalue weighted by Gasteiger charge is 2.67. The SMILES string of the molecule is CC(=O)N1[C@H](CO)[C@@H](c2ccccc2)C12CN(C(=O)Cc1ccccc1)C2. The van der Waals surface area contributed by atoms with E-state index in [0.29, 0.717) is 19.5 Å². The third kappa shape index (κ3) is 2.82. The van der Waals surface area contributed by atoms with Gasteiger partial charge < -0.3 is 14.9 Å². The monoisotopic (exact) mass is 364 g/mol. The highest BCUT2D eigenvalue weighted by atomic mass is 16.3. The molecule has 2 aliphatic heterocycles. The Morgan fingerprint density at radius 3 is 2.19 bits per heavy atom. The van der Waals surface area contributed by atoms with E-state index in [1.54, 1.807) is 11.8 Å². The van der Waals surface area contributed by atoms with Gasteiger partial charge in [0.05, 0.1) is 24.6 Å². The molecular weight excluding hydrogens is 340 g/mol. The van der Waals surface area contributed by atoms with Gasteiger partial charge in [-0.1, -0.05) is 60.7 Å². The van der Waals surface area contributed by atoms with E-state index in [2.05, 4.69) is 0 Å². The summed E-state index contributed by atoms with van der Waals surface area (Å²) in [5.41, 5.74) is 1.71. The van der Waals surface area contributed by atoms with Gasteiger partial charge in [-0.3, -0.25) is 9.59 Å². The molecule has 1 spiro atoms. The number of hydrogen-bond acceptors (Lipinski definition) is 3. The third-order valence-electron chi connectivity index (χ3n) is 5.94. The summed E-state index contributed by atoms with van der Waals surface area (Å²) in [5, 5.41) is 9.88. The predicted octanol–water partition coefficient (Wildman–Crippen LogP) is 1.82. The highest BCUT2D eigenvalue weighted by Crippen LogP contribution is 2.53. The maximum atomic E-state index is 12.7. The number of amides is 2. The Balaban J connectivity index is 1.54. The molecule has 5 nitrogen and oxygen atoms in total. The van der Waals surface area contributed by atoms with Crippen molar-refractivity contribution in [2.24, 2.45) is 0 Å². The fourth-order valence-electron chi connectivity index (χ4n) is 4.85. The average molecular weight is 364 g/mol. The van der Waals surface area contributed by atoms with Crippen LogP contribution in [0.15, 0.2) is 60.7 Å². The molecule has 0 radical (unpaired) electrons. The zero-order chi connectivity index (χ0) is 19.0. The Kier molecular flexibility index (Phi) is 4.48. The molecule has 1 N–H and O–H groups in total. The van der Waals surface area contributed by atoms with E-state index in [1.165, 1.54) is 0 Å². The molecule has 2 heterocycles. The van der Waals surface area contributed by atoms with Gasteiger partial charge in [-0.15, -0.1) is 0 Å². The molecule has 2 atom stereocenters. The van der Waals surface area contributed by atoms with E-state index in [-0.39, 0.29) is 30.4 Å². The zero-order valence-corrected chi connectivity index (χ0v) is 15.4. The van der Waals surface area contributed by atoms with Gasteiger partial charge in [0.1, 0.15) is 0 Å². The Hall–Kier alpha value is -2.66. The van der Waals surface area contributed by atoms with Gasteiger partial charge in [-0.2, -0.15) is 0 Å². The van der Waals surface area contributed by atoms with E-state index >= 15 is 0 Å². The lowest BCUT2D eigenvalue weighted by Crippen LogP contribution is -2.85. The summed E-state index contributed by atoms with van der Waals surface area (Å²) in [6.07, 6.45) is 0.371. The van der Waals surface area contributed by atoms with Crippen LogP contribution in [0, 0.1) is 0 Å². The van der Waals surface area contributed by atoms with Gasteiger partial charge in [0.25, 0.3) is 0 Å². The normalized spacial score (nSPS) is 22.9. The highest BCUT2D eigenvalue weighted by molar-refractivity contribution is 5.82. The second-order valence-corrected chi connectivity index (χ2v) is 7.54. The summed E-state index contributed by atoms with van der Waals surface area (Å²) in [6.45, 7) is 2.52. The van der Waals surface area contributed by atoms with Crippen LogP contribution in [0.1, 0.15) is 24.0 Å². The minimum absolute atomic E-state index is 0.0450. The molecule has 0 aliphatic carbocycles. The van der Waals surface area contributed by atoms with Gasteiger partial charge in [0.15, 0.2) is 0 Å². The van der Waals surface area contributed by atoms with Crippen molar-refractivity contribution >= 4 is 11.8 Å². The smallest absolute Gasteiger partial charge is 0.227 e. The summed E-state index contributed by atoms with van der Waals surface area (Å²) in [7, 11) is 0. The molecule has 0 saturated carbocycles. The van der Waals surface area contributed by atoms with Crippen LogP contribution in [-0.4, -0.2) is 58.0 Å². The number of carbonyl (C=O) groups excluding carboxylic acids is 2. The van der Waals surface area contributed by atoms with Crippen LogP contribution in [0.5, 0.6) is 0 Å². The molecule has 0 bridgehead atoms. The lowest BCUT2D eigenvalue weighted by atomic mass is 9.60. The van der Waals surface area contributed by atoms with Crippen molar-refractivity contribution in [3.05, 3.63) is 71.8 Å². The fraction of sp³-hybridized carbons (Fsp3) is 0.364. The van der Waals surface area contributed by atoms with E-state index in [4.69, 9.17) is 0 Å². The largest absolute Gasteiger partial charge is 0.394 e. The molecular formula is C22H24N2O3. The molecule has 27 heavy (non-hydrogen) atoms. The number of nitrogens with zero attached hydrogens (tertiary/aromatic N) is 2. The Bertz CT molecular complexity index is 831. The number of likely N-dealkylation sites (tertiary alicyclic amines) is 2. The Labute approximate surface area is 159 Å². The Morgan fingerprint density at radius 2 is 1.63 bits per heavy atom. The Morgan fingerprint density at radius 1 is 1.04 bits per heavy atom. The second-order valence-electron chi connectivity index (χ2n) is 7.54. The van der Waals surface area contributed by atoms with E-state index in [1.807, 2.05) is 65.6 Å². The number of aliphatic hydroxyl groups excluding tert-OH is 1. The number of rotatable bonds is 4. The molecule has 2 aromatic carbocycles. The average Bonchev–Trinajstić information content (AvgIpc) is 2.61. The molecule has 5 heteroatoms. The molecule has 2 aromatic rings. The van der Waals surface area contributed by atoms with Crippen LogP contribution in [0.25, 0.3) is 0 Å². The van der Waals surface area contributed by atoms with Crippen LogP contribution >= 0.6 is 0 Å². The van der Waals surface area contributed by atoms with E-state index in [9.17, 15) is 14.7 Å². The standard InChI is InChI=1S/C22H24N2O3/c1-16(26)24-19(13-25)21(18-10-6-3-7-11-18)22(24)14-23(15-22)20(27)12-17-8-4-2-5-9-17/h2-11,19,21,25H,12-15H2,1H3/t19-,21-/m1/s1. The minimum Gasteiger partial charge on any atom is -0.394 e. The molecule has 2 amide bonds. The van der Waals surface area contributed by atoms with Crippen molar-refractivity contribution in [1.29, 1.82) is 0 Å². The topological polar surface area (TPSA) is 60.9 Å². The van der Waals surface area contributed by atoms with Crippen molar-refractivity contribution in [3.8, 4) is 0 Å². The molecule has 140 valence electrons. The predicted molar refractivity (Wildman–Crippen MR) is 102 cm³/mol. The van der Waals surface area contributed by atoms with Gasteiger partial charge >= 0.3 is 0 Å². The molecule has 2 aliphatic rings. The number of benzene rings is 2.